The maximum absolute atomic E-state index is 12.7. The molecule has 4 nitrogen and oxygen atoms in total. The Morgan fingerprint density at radius 2 is 2.05 bits per heavy atom. The minimum atomic E-state index is -2.66. The molecule has 0 bridgehead atoms. The van der Waals surface area contributed by atoms with Gasteiger partial charge < -0.3 is 4.90 Å². The van der Waals surface area contributed by atoms with Crippen molar-refractivity contribution in [2.45, 2.75) is 13.1 Å². The smallest absolute Gasteiger partial charge is 0.319 e. The average molecular weight is 391 g/mol. The lowest BCUT2D eigenvalue weighted by Gasteiger charge is -2.17. The first kappa shape index (κ1) is 14.9. The zero-order chi connectivity index (χ0) is 14.7. The summed E-state index contributed by atoms with van der Waals surface area (Å²) in [5.41, 5.74) is 0.517. The zero-order valence-electron chi connectivity index (χ0n) is 10.6. The lowest BCUT2D eigenvalue weighted by atomic mass is 10.2. The maximum Gasteiger partial charge on any atom is 0.319 e. The number of carbonyl (C=O) groups excluding carboxylic acids is 1. The summed E-state index contributed by atoms with van der Waals surface area (Å²) in [5, 5.41) is 0. The van der Waals surface area contributed by atoms with E-state index in [0.717, 1.165) is 8.14 Å². The van der Waals surface area contributed by atoms with Crippen LogP contribution in [0.5, 0.6) is 0 Å². The fourth-order valence-corrected chi connectivity index (χ4v) is 2.10. The standard InChI is InChI=1S/C13H12F2IN3O/c1-18(8-11-17-6-7-19(11)13(14)15)12(20)9-2-4-10(16)5-3-9/h2-7,13H,8H2,1H3. The van der Waals surface area contributed by atoms with Gasteiger partial charge in [-0.2, -0.15) is 8.78 Å². The molecule has 0 aliphatic carbocycles. The van der Waals surface area contributed by atoms with Gasteiger partial charge in [-0.25, -0.2) is 4.98 Å². The minimum Gasteiger partial charge on any atom is -0.334 e. The molecule has 2 aromatic rings. The molecule has 0 saturated heterocycles. The number of alkyl halides is 2. The highest BCUT2D eigenvalue weighted by atomic mass is 127. The molecule has 0 atom stereocenters. The van der Waals surface area contributed by atoms with Gasteiger partial charge >= 0.3 is 6.55 Å². The van der Waals surface area contributed by atoms with Crippen molar-refractivity contribution in [1.82, 2.24) is 14.5 Å². The third-order valence-corrected chi connectivity index (χ3v) is 3.49. The zero-order valence-corrected chi connectivity index (χ0v) is 12.8. The summed E-state index contributed by atoms with van der Waals surface area (Å²) in [6.45, 7) is -2.63. The molecular weight excluding hydrogens is 379 g/mol. The van der Waals surface area contributed by atoms with Crippen LogP contribution in [0.15, 0.2) is 36.7 Å². The Balaban J connectivity index is 2.11. The van der Waals surface area contributed by atoms with Crippen molar-refractivity contribution >= 4 is 28.5 Å². The lowest BCUT2D eigenvalue weighted by molar-refractivity contribution is 0.0612. The van der Waals surface area contributed by atoms with Crippen molar-refractivity contribution in [3.63, 3.8) is 0 Å². The molecule has 1 aromatic heterocycles. The number of rotatable bonds is 4. The highest BCUT2D eigenvalue weighted by Gasteiger charge is 2.17. The maximum atomic E-state index is 12.7. The van der Waals surface area contributed by atoms with E-state index < -0.39 is 6.55 Å². The first-order valence-corrected chi connectivity index (χ1v) is 6.88. The summed E-state index contributed by atoms with van der Waals surface area (Å²) in [6.07, 6.45) is 2.49. The van der Waals surface area contributed by atoms with Gasteiger partial charge in [0.15, 0.2) is 0 Å². The summed E-state index contributed by atoms with van der Waals surface area (Å²) in [7, 11) is 1.56. The van der Waals surface area contributed by atoms with Crippen LogP contribution >= 0.6 is 22.6 Å². The second-order valence-corrected chi connectivity index (χ2v) is 5.44. The van der Waals surface area contributed by atoms with E-state index >= 15 is 0 Å². The number of hydrogen-bond donors (Lipinski definition) is 0. The van der Waals surface area contributed by atoms with Gasteiger partial charge in [-0.1, -0.05) is 0 Å². The number of hydrogen-bond acceptors (Lipinski definition) is 2. The van der Waals surface area contributed by atoms with E-state index in [-0.39, 0.29) is 18.3 Å². The quantitative estimate of drug-likeness (QED) is 0.752. The number of imidazole rings is 1. The Labute approximate surface area is 128 Å². The summed E-state index contributed by atoms with van der Waals surface area (Å²) in [4.78, 5) is 17.4. The van der Waals surface area contributed by atoms with E-state index in [2.05, 4.69) is 27.6 Å². The Bertz CT molecular complexity index is 598. The van der Waals surface area contributed by atoms with Crippen molar-refractivity contribution < 1.29 is 13.6 Å². The van der Waals surface area contributed by atoms with Crippen LogP contribution in [0.1, 0.15) is 22.7 Å². The van der Waals surface area contributed by atoms with Crippen molar-refractivity contribution in [3.8, 4) is 0 Å². The fourth-order valence-electron chi connectivity index (χ4n) is 1.74. The van der Waals surface area contributed by atoms with Crippen LogP contribution in [0.25, 0.3) is 0 Å². The van der Waals surface area contributed by atoms with Crippen molar-refractivity contribution in [1.29, 1.82) is 0 Å². The van der Waals surface area contributed by atoms with Gasteiger partial charge in [0.05, 0.1) is 6.54 Å². The fraction of sp³-hybridized carbons (Fsp3) is 0.231. The summed E-state index contributed by atoms with van der Waals surface area (Å²) >= 11 is 2.14. The molecule has 0 fully saturated rings. The highest BCUT2D eigenvalue weighted by Crippen LogP contribution is 2.15. The van der Waals surface area contributed by atoms with Crippen molar-refractivity contribution in [3.05, 3.63) is 51.6 Å². The predicted octanol–water partition coefficient (Wildman–Crippen LogP) is 3.16. The van der Waals surface area contributed by atoms with E-state index in [9.17, 15) is 13.6 Å². The molecule has 1 amide bonds. The van der Waals surface area contributed by atoms with Gasteiger partial charge in [-0.3, -0.25) is 9.36 Å². The van der Waals surface area contributed by atoms with Crippen molar-refractivity contribution in [2.24, 2.45) is 0 Å². The van der Waals surface area contributed by atoms with E-state index in [0.29, 0.717) is 5.56 Å². The molecule has 1 heterocycles. The molecule has 0 radical (unpaired) electrons. The summed E-state index contributed by atoms with van der Waals surface area (Å²) in [6, 6.07) is 7.06. The third-order valence-electron chi connectivity index (χ3n) is 2.78. The second-order valence-electron chi connectivity index (χ2n) is 4.20. The van der Waals surface area contributed by atoms with E-state index in [1.54, 1.807) is 19.2 Å². The summed E-state index contributed by atoms with van der Waals surface area (Å²) < 4.78 is 27.2. The Morgan fingerprint density at radius 3 is 2.65 bits per heavy atom. The number of halogens is 3. The molecule has 0 aliphatic rings. The predicted molar refractivity (Wildman–Crippen MR) is 78.4 cm³/mol. The molecule has 7 heteroatoms. The number of aromatic nitrogens is 2. The molecule has 2 rings (SSSR count). The van der Waals surface area contributed by atoms with Crippen molar-refractivity contribution in [2.75, 3.05) is 7.05 Å². The first-order chi connectivity index (χ1) is 9.49. The van der Waals surface area contributed by atoms with Gasteiger partial charge in [0.1, 0.15) is 5.82 Å². The van der Waals surface area contributed by atoms with Crippen LogP contribution in [0.2, 0.25) is 0 Å². The normalized spacial score (nSPS) is 10.8. The molecule has 106 valence electrons. The number of benzene rings is 1. The second kappa shape index (κ2) is 6.29. The molecule has 0 saturated carbocycles. The number of carbonyl (C=O) groups is 1. The third kappa shape index (κ3) is 3.33. The van der Waals surface area contributed by atoms with Crippen LogP contribution in [-0.2, 0) is 6.54 Å². The van der Waals surface area contributed by atoms with E-state index in [1.165, 1.54) is 17.3 Å². The first-order valence-electron chi connectivity index (χ1n) is 5.80. The monoisotopic (exact) mass is 391 g/mol. The number of nitrogens with zero attached hydrogens (tertiary/aromatic N) is 3. The van der Waals surface area contributed by atoms with Crippen LogP contribution in [0.3, 0.4) is 0 Å². The Hall–Kier alpha value is -1.51. The van der Waals surface area contributed by atoms with Gasteiger partial charge in [0.2, 0.25) is 0 Å². The van der Waals surface area contributed by atoms with Gasteiger partial charge in [0, 0.05) is 28.6 Å². The SMILES string of the molecule is CN(Cc1nccn1C(F)F)C(=O)c1ccc(I)cc1. The molecule has 20 heavy (non-hydrogen) atoms. The highest BCUT2D eigenvalue weighted by molar-refractivity contribution is 14.1. The molecule has 0 spiro atoms. The van der Waals surface area contributed by atoms with Gasteiger partial charge in [-0.05, 0) is 46.9 Å². The number of amides is 1. The lowest BCUT2D eigenvalue weighted by Crippen LogP contribution is -2.27. The minimum absolute atomic E-state index is 0.0299. The van der Waals surface area contributed by atoms with Gasteiger partial charge in [0.25, 0.3) is 5.91 Å². The van der Waals surface area contributed by atoms with Crippen LogP contribution in [-0.4, -0.2) is 27.4 Å². The molecular formula is C13H12F2IN3O. The summed E-state index contributed by atoms with van der Waals surface area (Å²) in [5.74, 6) is -0.0772. The average Bonchev–Trinajstić information content (AvgIpc) is 2.87. The molecule has 0 aliphatic heterocycles. The van der Waals surface area contributed by atoms with Gasteiger partial charge in [-0.15, -0.1) is 0 Å². The van der Waals surface area contributed by atoms with Crippen LogP contribution < -0.4 is 0 Å². The largest absolute Gasteiger partial charge is 0.334 e. The van der Waals surface area contributed by atoms with Crippen LogP contribution in [0.4, 0.5) is 8.78 Å². The topological polar surface area (TPSA) is 38.1 Å². The molecule has 0 unspecified atom stereocenters. The molecule has 1 aromatic carbocycles. The van der Waals surface area contributed by atoms with E-state index in [1.807, 2.05) is 12.1 Å². The Kier molecular flexibility index (Phi) is 4.69. The molecule has 0 N–H and O–H groups in total. The van der Waals surface area contributed by atoms with Crippen LogP contribution in [0, 0.1) is 3.57 Å². The van der Waals surface area contributed by atoms with E-state index in [4.69, 9.17) is 0 Å². The Morgan fingerprint density at radius 1 is 1.40 bits per heavy atom.